The van der Waals surface area contributed by atoms with Crippen LogP contribution in [0.1, 0.15) is 6.42 Å². The smallest absolute Gasteiger partial charge is 0.326 e. The molecule has 2 amide bonds. The zero-order valence-corrected chi connectivity index (χ0v) is 9.50. The number of carbonyl (C=O) groups is 2. The summed E-state index contributed by atoms with van der Waals surface area (Å²) in [5, 5.41) is 21.6. The van der Waals surface area contributed by atoms with Gasteiger partial charge in [0.05, 0.1) is 6.10 Å². The highest BCUT2D eigenvalue weighted by Gasteiger charge is 2.40. The topological polar surface area (TPSA) is 93.1 Å². The Kier molecular flexibility index (Phi) is 3.49. The Morgan fingerprint density at radius 3 is 2.47 bits per heavy atom. The van der Waals surface area contributed by atoms with Gasteiger partial charge in [-0.3, -0.25) is 0 Å². The lowest BCUT2D eigenvalue weighted by Crippen LogP contribution is -2.53. The summed E-state index contributed by atoms with van der Waals surface area (Å²) in [6.07, 6.45) is -0.615. The van der Waals surface area contributed by atoms with Crippen molar-refractivity contribution in [2.24, 2.45) is 0 Å². The second-order valence-corrected chi connectivity index (χ2v) is 4.42. The number of amides is 2. The van der Waals surface area contributed by atoms with Crippen LogP contribution in [0.15, 0.2) is 0 Å². The largest absolute Gasteiger partial charge is 0.480 e. The number of urea groups is 1. The van der Waals surface area contributed by atoms with Crippen LogP contribution < -0.4 is 5.32 Å². The Morgan fingerprint density at radius 2 is 1.88 bits per heavy atom. The maximum Gasteiger partial charge on any atom is 0.326 e. The van der Waals surface area contributed by atoms with Crippen LogP contribution in [0.5, 0.6) is 0 Å². The predicted octanol–water partition coefficient (Wildman–Crippen LogP) is -1.47. The molecule has 7 heteroatoms. The van der Waals surface area contributed by atoms with Gasteiger partial charge >= 0.3 is 12.0 Å². The fourth-order valence-corrected chi connectivity index (χ4v) is 2.30. The Labute approximate surface area is 99.0 Å². The third-order valence-corrected chi connectivity index (χ3v) is 3.20. The summed E-state index contributed by atoms with van der Waals surface area (Å²) in [4.78, 5) is 26.0. The van der Waals surface area contributed by atoms with Crippen molar-refractivity contribution in [3.8, 4) is 0 Å². The van der Waals surface area contributed by atoms with E-state index in [0.29, 0.717) is 13.1 Å². The third-order valence-electron chi connectivity index (χ3n) is 3.20. The summed E-state index contributed by atoms with van der Waals surface area (Å²) in [7, 11) is 0. The summed E-state index contributed by atoms with van der Waals surface area (Å²) in [5.41, 5.74) is 0. The molecular weight excluding hydrogens is 226 g/mol. The molecule has 2 rings (SSSR count). The highest BCUT2D eigenvalue weighted by atomic mass is 16.4. The van der Waals surface area contributed by atoms with E-state index < -0.39 is 18.1 Å². The molecule has 0 saturated carbocycles. The Balaban J connectivity index is 2.04. The molecule has 0 radical (unpaired) electrons. The summed E-state index contributed by atoms with van der Waals surface area (Å²) < 4.78 is 0. The van der Waals surface area contributed by atoms with Crippen molar-refractivity contribution in [3.05, 3.63) is 0 Å². The van der Waals surface area contributed by atoms with Crippen LogP contribution in [0.2, 0.25) is 0 Å². The molecule has 0 aliphatic carbocycles. The minimum absolute atomic E-state index is 0.111. The maximum absolute atomic E-state index is 12.1. The molecule has 96 valence electrons. The van der Waals surface area contributed by atoms with E-state index in [0.717, 1.165) is 13.1 Å². The number of rotatable bonds is 1. The summed E-state index contributed by atoms with van der Waals surface area (Å²) in [5.74, 6) is -1.05. The van der Waals surface area contributed by atoms with Crippen molar-refractivity contribution in [2.75, 3.05) is 32.7 Å². The average molecular weight is 243 g/mol. The SMILES string of the molecule is O=C(O)[C@@H]1C[C@@H](O)CN1C(=O)N1CCNCC1. The van der Waals surface area contributed by atoms with Gasteiger partial charge in [0.25, 0.3) is 0 Å². The second kappa shape index (κ2) is 4.89. The number of nitrogens with zero attached hydrogens (tertiary/aromatic N) is 2. The fourth-order valence-electron chi connectivity index (χ4n) is 2.30. The number of hydrogen-bond acceptors (Lipinski definition) is 4. The van der Waals surface area contributed by atoms with E-state index in [-0.39, 0.29) is 19.0 Å². The molecule has 17 heavy (non-hydrogen) atoms. The van der Waals surface area contributed by atoms with Crippen LogP contribution >= 0.6 is 0 Å². The predicted molar refractivity (Wildman–Crippen MR) is 58.6 cm³/mol. The van der Waals surface area contributed by atoms with Crippen molar-refractivity contribution >= 4 is 12.0 Å². The molecule has 2 heterocycles. The molecule has 0 bridgehead atoms. The molecule has 0 aromatic rings. The van der Waals surface area contributed by atoms with Crippen molar-refractivity contribution in [1.29, 1.82) is 0 Å². The molecule has 2 saturated heterocycles. The van der Waals surface area contributed by atoms with E-state index in [4.69, 9.17) is 5.11 Å². The number of aliphatic carboxylic acids is 1. The number of hydrogen-bond donors (Lipinski definition) is 3. The quantitative estimate of drug-likeness (QED) is 0.523. The third kappa shape index (κ3) is 2.50. The number of piperazine rings is 1. The van der Waals surface area contributed by atoms with Gasteiger partial charge in [0, 0.05) is 39.1 Å². The molecule has 7 nitrogen and oxygen atoms in total. The van der Waals surface area contributed by atoms with Gasteiger partial charge < -0.3 is 25.3 Å². The van der Waals surface area contributed by atoms with Crippen LogP contribution in [0, 0.1) is 0 Å². The fraction of sp³-hybridized carbons (Fsp3) is 0.800. The molecule has 0 aromatic carbocycles. The number of β-amino-alcohol motifs (C(OH)–C–C–N with tert-alkyl or cyclic N) is 1. The molecule has 2 aliphatic rings. The van der Waals surface area contributed by atoms with Gasteiger partial charge in [0.2, 0.25) is 0 Å². The minimum atomic E-state index is -1.05. The van der Waals surface area contributed by atoms with Gasteiger partial charge in [-0.25, -0.2) is 9.59 Å². The number of carboxylic acid groups (broad SMARTS) is 1. The van der Waals surface area contributed by atoms with Crippen LogP contribution in [0.25, 0.3) is 0 Å². The molecule has 0 aromatic heterocycles. The van der Waals surface area contributed by atoms with Crippen LogP contribution in [-0.4, -0.2) is 76.9 Å². The zero-order chi connectivity index (χ0) is 12.4. The van der Waals surface area contributed by atoms with Crippen molar-refractivity contribution in [3.63, 3.8) is 0 Å². The first-order chi connectivity index (χ1) is 8.09. The number of nitrogens with one attached hydrogen (secondary N) is 1. The van der Waals surface area contributed by atoms with Gasteiger partial charge in [0.1, 0.15) is 6.04 Å². The summed E-state index contributed by atoms with van der Waals surface area (Å²) in [6, 6.07) is -1.18. The molecule has 2 fully saturated rings. The highest BCUT2D eigenvalue weighted by molar-refractivity contribution is 5.83. The normalized spacial score (nSPS) is 29.5. The monoisotopic (exact) mass is 243 g/mol. The van der Waals surface area contributed by atoms with E-state index in [1.54, 1.807) is 4.90 Å². The highest BCUT2D eigenvalue weighted by Crippen LogP contribution is 2.20. The molecule has 0 spiro atoms. The van der Waals surface area contributed by atoms with Crippen LogP contribution in [0.4, 0.5) is 4.79 Å². The van der Waals surface area contributed by atoms with E-state index in [2.05, 4.69) is 5.32 Å². The number of aliphatic hydroxyl groups excluding tert-OH is 1. The summed E-state index contributed by atoms with van der Waals surface area (Å²) in [6.45, 7) is 2.72. The number of likely N-dealkylation sites (tertiary alicyclic amines) is 1. The standard InChI is InChI=1S/C10H17N3O4/c14-7-5-8(9(15)16)13(6-7)10(17)12-3-1-11-2-4-12/h7-8,11,14H,1-6H2,(H,15,16)/t7-,8+/m1/s1. The number of carbonyl (C=O) groups excluding carboxylic acids is 1. The van der Waals surface area contributed by atoms with E-state index >= 15 is 0 Å². The van der Waals surface area contributed by atoms with Crippen molar-refractivity contribution in [1.82, 2.24) is 15.1 Å². The Morgan fingerprint density at radius 1 is 1.24 bits per heavy atom. The van der Waals surface area contributed by atoms with E-state index in [9.17, 15) is 14.7 Å². The first-order valence-corrected chi connectivity index (χ1v) is 5.76. The van der Waals surface area contributed by atoms with Crippen LogP contribution in [-0.2, 0) is 4.79 Å². The molecule has 0 unspecified atom stereocenters. The van der Waals surface area contributed by atoms with E-state index in [1.807, 2.05) is 0 Å². The lowest BCUT2D eigenvalue weighted by atomic mass is 10.2. The van der Waals surface area contributed by atoms with Crippen molar-refractivity contribution < 1.29 is 19.8 Å². The first kappa shape index (κ1) is 12.1. The molecule has 3 N–H and O–H groups in total. The summed E-state index contributed by atoms with van der Waals surface area (Å²) >= 11 is 0. The minimum Gasteiger partial charge on any atom is -0.480 e. The number of aliphatic hydroxyl groups is 1. The lowest BCUT2D eigenvalue weighted by molar-refractivity contribution is -0.141. The Hall–Kier alpha value is -1.34. The van der Waals surface area contributed by atoms with Gasteiger partial charge in [-0.15, -0.1) is 0 Å². The second-order valence-electron chi connectivity index (χ2n) is 4.42. The zero-order valence-electron chi connectivity index (χ0n) is 9.50. The van der Waals surface area contributed by atoms with Crippen molar-refractivity contribution in [2.45, 2.75) is 18.6 Å². The maximum atomic E-state index is 12.1. The molecule has 2 aliphatic heterocycles. The molecular formula is C10H17N3O4. The first-order valence-electron chi connectivity index (χ1n) is 5.76. The van der Waals surface area contributed by atoms with Gasteiger partial charge in [-0.2, -0.15) is 0 Å². The van der Waals surface area contributed by atoms with Crippen LogP contribution in [0.3, 0.4) is 0 Å². The van der Waals surface area contributed by atoms with Gasteiger partial charge in [-0.1, -0.05) is 0 Å². The Bertz CT molecular complexity index is 317. The van der Waals surface area contributed by atoms with E-state index in [1.165, 1.54) is 4.90 Å². The lowest BCUT2D eigenvalue weighted by Gasteiger charge is -2.32. The van der Waals surface area contributed by atoms with Gasteiger partial charge in [0.15, 0.2) is 0 Å². The molecule has 2 atom stereocenters. The average Bonchev–Trinajstić information content (AvgIpc) is 2.72. The number of carboxylic acids is 1. The van der Waals surface area contributed by atoms with Gasteiger partial charge in [-0.05, 0) is 0 Å².